The fourth-order valence-corrected chi connectivity index (χ4v) is 1.63. The van der Waals surface area contributed by atoms with Gasteiger partial charge in [0.15, 0.2) is 0 Å². The standard InChI is InChI=1S/C12H19NO2/c1-4-13-11(9-14-2)10-7-5-6-8-12(10)15-3/h5-8,11,13H,4,9H2,1-3H3. The number of nitrogens with one attached hydrogen (secondary N) is 1. The number of benzene rings is 1. The molecule has 15 heavy (non-hydrogen) atoms. The van der Waals surface area contributed by atoms with Gasteiger partial charge in [0.05, 0.1) is 19.8 Å². The lowest BCUT2D eigenvalue weighted by Gasteiger charge is -2.19. The van der Waals surface area contributed by atoms with Crippen LogP contribution in [0.15, 0.2) is 24.3 Å². The lowest BCUT2D eigenvalue weighted by atomic mass is 10.1. The van der Waals surface area contributed by atoms with E-state index in [4.69, 9.17) is 9.47 Å². The second kappa shape index (κ2) is 6.43. The van der Waals surface area contributed by atoms with Crippen molar-refractivity contribution in [3.8, 4) is 5.75 Å². The minimum Gasteiger partial charge on any atom is -0.496 e. The summed E-state index contributed by atoms with van der Waals surface area (Å²) >= 11 is 0. The molecule has 3 nitrogen and oxygen atoms in total. The highest BCUT2D eigenvalue weighted by Gasteiger charge is 2.13. The molecular formula is C12H19NO2. The minimum atomic E-state index is 0.191. The molecule has 1 rings (SSSR count). The van der Waals surface area contributed by atoms with Crippen LogP contribution in [0.5, 0.6) is 5.75 Å². The smallest absolute Gasteiger partial charge is 0.123 e. The van der Waals surface area contributed by atoms with Crippen LogP contribution in [0, 0.1) is 0 Å². The largest absolute Gasteiger partial charge is 0.496 e. The fourth-order valence-electron chi connectivity index (χ4n) is 1.63. The van der Waals surface area contributed by atoms with E-state index >= 15 is 0 Å². The third-order valence-corrected chi connectivity index (χ3v) is 2.30. The first-order valence-corrected chi connectivity index (χ1v) is 5.18. The number of methoxy groups -OCH3 is 2. The summed E-state index contributed by atoms with van der Waals surface area (Å²) in [7, 11) is 3.40. The molecule has 1 aromatic carbocycles. The zero-order chi connectivity index (χ0) is 11.1. The van der Waals surface area contributed by atoms with Crippen molar-refractivity contribution in [3.05, 3.63) is 29.8 Å². The average molecular weight is 209 g/mol. The van der Waals surface area contributed by atoms with Gasteiger partial charge in [-0.2, -0.15) is 0 Å². The summed E-state index contributed by atoms with van der Waals surface area (Å²) in [5.74, 6) is 0.903. The molecule has 1 unspecified atom stereocenters. The monoisotopic (exact) mass is 209 g/mol. The predicted molar refractivity (Wildman–Crippen MR) is 61.3 cm³/mol. The molecule has 1 atom stereocenters. The zero-order valence-corrected chi connectivity index (χ0v) is 9.62. The van der Waals surface area contributed by atoms with E-state index in [0.717, 1.165) is 17.9 Å². The van der Waals surface area contributed by atoms with Crippen LogP contribution in [0.2, 0.25) is 0 Å². The Morgan fingerprint density at radius 2 is 2.00 bits per heavy atom. The summed E-state index contributed by atoms with van der Waals surface area (Å²) in [6.45, 7) is 3.64. The van der Waals surface area contributed by atoms with Crippen molar-refractivity contribution < 1.29 is 9.47 Å². The Morgan fingerprint density at radius 1 is 1.27 bits per heavy atom. The zero-order valence-electron chi connectivity index (χ0n) is 9.62. The summed E-state index contributed by atoms with van der Waals surface area (Å²) in [6, 6.07) is 8.20. The Bertz CT molecular complexity index is 283. The third kappa shape index (κ3) is 3.22. The molecule has 0 saturated carbocycles. The molecule has 84 valence electrons. The maximum Gasteiger partial charge on any atom is 0.123 e. The lowest BCUT2D eigenvalue weighted by molar-refractivity contribution is 0.166. The van der Waals surface area contributed by atoms with Crippen molar-refractivity contribution in [3.63, 3.8) is 0 Å². The quantitative estimate of drug-likeness (QED) is 0.777. The van der Waals surface area contributed by atoms with Gasteiger partial charge >= 0.3 is 0 Å². The summed E-state index contributed by atoms with van der Waals surface area (Å²) in [5, 5.41) is 3.37. The first-order chi connectivity index (χ1) is 7.33. The second-order valence-corrected chi connectivity index (χ2v) is 3.31. The van der Waals surface area contributed by atoms with Gasteiger partial charge < -0.3 is 14.8 Å². The molecule has 0 spiro atoms. The first kappa shape index (κ1) is 12.0. The maximum atomic E-state index is 5.32. The Labute approximate surface area is 91.4 Å². The average Bonchev–Trinajstić information content (AvgIpc) is 2.29. The van der Waals surface area contributed by atoms with Crippen LogP contribution in [0.4, 0.5) is 0 Å². The minimum absolute atomic E-state index is 0.191. The SMILES string of the molecule is CCNC(COC)c1ccccc1OC. The van der Waals surface area contributed by atoms with Crippen LogP contribution in [0.1, 0.15) is 18.5 Å². The van der Waals surface area contributed by atoms with E-state index in [1.54, 1.807) is 14.2 Å². The van der Waals surface area contributed by atoms with Gasteiger partial charge in [-0.3, -0.25) is 0 Å². The Balaban J connectivity index is 2.88. The number of hydrogen-bond acceptors (Lipinski definition) is 3. The van der Waals surface area contributed by atoms with Crippen LogP contribution < -0.4 is 10.1 Å². The van der Waals surface area contributed by atoms with E-state index in [2.05, 4.69) is 18.3 Å². The van der Waals surface area contributed by atoms with Gasteiger partial charge in [-0.15, -0.1) is 0 Å². The summed E-state index contributed by atoms with van der Waals surface area (Å²) in [5.41, 5.74) is 1.14. The molecule has 3 heteroatoms. The highest BCUT2D eigenvalue weighted by molar-refractivity contribution is 5.35. The lowest BCUT2D eigenvalue weighted by Crippen LogP contribution is -2.25. The van der Waals surface area contributed by atoms with Gasteiger partial charge in [-0.1, -0.05) is 25.1 Å². The van der Waals surface area contributed by atoms with Crippen molar-refractivity contribution in [2.45, 2.75) is 13.0 Å². The molecule has 0 radical (unpaired) electrons. The van der Waals surface area contributed by atoms with Crippen LogP contribution in [-0.4, -0.2) is 27.4 Å². The predicted octanol–water partition coefficient (Wildman–Crippen LogP) is 1.99. The van der Waals surface area contributed by atoms with E-state index in [9.17, 15) is 0 Å². The fraction of sp³-hybridized carbons (Fsp3) is 0.500. The van der Waals surface area contributed by atoms with Crippen LogP contribution >= 0.6 is 0 Å². The number of ether oxygens (including phenoxy) is 2. The molecule has 0 fully saturated rings. The summed E-state index contributed by atoms with van der Waals surface area (Å²) in [6.07, 6.45) is 0. The van der Waals surface area contributed by atoms with E-state index in [1.165, 1.54) is 0 Å². The summed E-state index contributed by atoms with van der Waals surface area (Å²) < 4.78 is 10.5. The van der Waals surface area contributed by atoms with Crippen molar-refractivity contribution in [2.24, 2.45) is 0 Å². The molecule has 0 aromatic heterocycles. The normalized spacial score (nSPS) is 12.5. The number of rotatable bonds is 6. The second-order valence-electron chi connectivity index (χ2n) is 3.31. The number of likely N-dealkylation sites (N-methyl/N-ethyl adjacent to an activating group) is 1. The van der Waals surface area contributed by atoms with Gasteiger partial charge in [0.1, 0.15) is 5.75 Å². The molecular weight excluding hydrogens is 190 g/mol. The maximum absolute atomic E-state index is 5.32. The molecule has 0 saturated heterocycles. The molecule has 1 aromatic rings. The molecule has 0 amide bonds. The van der Waals surface area contributed by atoms with Gasteiger partial charge in [-0.25, -0.2) is 0 Å². The first-order valence-electron chi connectivity index (χ1n) is 5.18. The van der Waals surface area contributed by atoms with Crippen molar-refractivity contribution >= 4 is 0 Å². The van der Waals surface area contributed by atoms with Crippen LogP contribution in [0.3, 0.4) is 0 Å². The Morgan fingerprint density at radius 3 is 2.60 bits per heavy atom. The molecule has 1 N–H and O–H groups in total. The van der Waals surface area contributed by atoms with E-state index < -0.39 is 0 Å². The van der Waals surface area contributed by atoms with E-state index in [1.807, 2.05) is 18.2 Å². The van der Waals surface area contributed by atoms with E-state index in [-0.39, 0.29) is 6.04 Å². The van der Waals surface area contributed by atoms with Crippen LogP contribution in [0.25, 0.3) is 0 Å². The van der Waals surface area contributed by atoms with E-state index in [0.29, 0.717) is 6.61 Å². The summed E-state index contributed by atoms with van der Waals surface area (Å²) in [4.78, 5) is 0. The van der Waals surface area contributed by atoms with Crippen molar-refractivity contribution in [2.75, 3.05) is 27.4 Å². The van der Waals surface area contributed by atoms with Gasteiger partial charge in [0.25, 0.3) is 0 Å². The highest BCUT2D eigenvalue weighted by atomic mass is 16.5. The topological polar surface area (TPSA) is 30.5 Å². The highest BCUT2D eigenvalue weighted by Crippen LogP contribution is 2.24. The molecule has 0 heterocycles. The van der Waals surface area contributed by atoms with Gasteiger partial charge in [0, 0.05) is 12.7 Å². The van der Waals surface area contributed by atoms with Gasteiger partial charge in [0.2, 0.25) is 0 Å². The van der Waals surface area contributed by atoms with Crippen molar-refractivity contribution in [1.82, 2.24) is 5.32 Å². The molecule has 0 aliphatic rings. The molecule has 0 aliphatic carbocycles. The Hall–Kier alpha value is -1.06. The molecule has 0 bridgehead atoms. The number of hydrogen-bond donors (Lipinski definition) is 1. The van der Waals surface area contributed by atoms with Crippen molar-refractivity contribution in [1.29, 1.82) is 0 Å². The number of para-hydroxylation sites is 1. The Kier molecular flexibility index (Phi) is 5.15. The van der Waals surface area contributed by atoms with Gasteiger partial charge in [-0.05, 0) is 12.6 Å². The molecule has 0 aliphatic heterocycles. The van der Waals surface area contributed by atoms with Crippen LogP contribution in [-0.2, 0) is 4.74 Å². The third-order valence-electron chi connectivity index (χ3n) is 2.30.